The lowest BCUT2D eigenvalue weighted by Crippen LogP contribution is -2.12. The number of ether oxygens (including phenoxy) is 2. The summed E-state index contributed by atoms with van der Waals surface area (Å²) in [5.74, 6) is 1.42. The Kier molecular flexibility index (Phi) is 6.08. The number of anilines is 1. The molecular formula is C27H23NO4. The molecule has 0 radical (unpaired) electrons. The van der Waals surface area contributed by atoms with Gasteiger partial charge in [-0.15, -0.1) is 0 Å². The molecule has 0 aliphatic heterocycles. The maximum absolute atomic E-state index is 12.9. The van der Waals surface area contributed by atoms with E-state index in [0.717, 1.165) is 28.0 Å². The fraction of sp³-hybridized carbons (Fsp3) is 0.0741. The fourth-order valence-electron chi connectivity index (χ4n) is 3.47. The number of phenolic OH excluding ortho intramolecular Hbond substituents is 1. The lowest BCUT2D eigenvalue weighted by molar-refractivity contribution is 0.102. The molecule has 0 saturated carbocycles. The number of benzene rings is 4. The molecule has 32 heavy (non-hydrogen) atoms. The Labute approximate surface area is 186 Å². The van der Waals surface area contributed by atoms with Crippen LogP contribution >= 0.6 is 0 Å². The van der Waals surface area contributed by atoms with Gasteiger partial charge < -0.3 is 19.9 Å². The van der Waals surface area contributed by atoms with Crippen LogP contribution in [-0.4, -0.2) is 25.2 Å². The minimum absolute atomic E-state index is 0.214. The van der Waals surface area contributed by atoms with E-state index in [0.29, 0.717) is 17.0 Å². The average Bonchev–Trinajstić information content (AvgIpc) is 2.84. The molecule has 0 fully saturated rings. The molecule has 160 valence electrons. The Morgan fingerprint density at radius 2 is 1.44 bits per heavy atom. The molecule has 0 unspecified atom stereocenters. The number of nitrogens with one attached hydrogen (secondary N) is 1. The topological polar surface area (TPSA) is 67.8 Å². The summed E-state index contributed by atoms with van der Waals surface area (Å²) in [7, 11) is 3.22. The molecule has 4 aromatic rings. The van der Waals surface area contributed by atoms with E-state index in [-0.39, 0.29) is 11.7 Å². The Bertz CT molecular complexity index is 1230. The Morgan fingerprint density at radius 3 is 2.09 bits per heavy atom. The van der Waals surface area contributed by atoms with E-state index in [1.54, 1.807) is 38.5 Å². The van der Waals surface area contributed by atoms with Gasteiger partial charge in [0.15, 0.2) is 0 Å². The summed E-state index contributed by atoms with van der Waals surface area (Å²) in [6, 6.07) is 27.5. The molecule has 0 aromatic heterocycles. The van der Waals surface area contributed by atoms with Gasteiger partial charge >= 0.3 is 0 Å². The summed E-state index contributed by atoms with van der Waals surface area (Å²) in [4.78, 5) is 12.9. The van der Waals surface area contributed by atoms with E-state index < -0.39 is 0 Å². The predicted octanol–water partition coefficient (Wildman–Crippen LogP) is 6.00. The molecule has 5 nitrogen and oxygen atoms in total. The van der Waals surface area contributed by atoms with E-state index in [4.69, 9.17) is 9.47 Å². The zero-order valence-corrected chi connectivity index (χ0v) is 17.8. The normalized spacial score (nSPS) is 10.4. The number of carbonyl (C=O) groups is 1. The van der Waals surface area contributed by atoms with Gasteiger partial charge in [-0.1, -0.05) is 36.4 Å². The number of methoxy groups -OCH3 is 2. The van der Waals surface area contributed by atoms with Gasteiger partial charge in [0.05, 0.1) is 14.2 Å². The third kappa shape index (κ3) is 4.57. The summed E-state index contributed by atoms with van der Waals surface area (Å²) < 4.78 is 10.8. The molecule has 0 aliphatic rings. The van der Waals surface area contributed by atoms with Gasteiger partial charge in [0, 0.05) is 16.8 Å². The van der Waals surface area contributed by atoms with Crippen LogP contribution in [0.3, 0.4) is 0 Å². The molecule has 4 rings (SSSR count). The zero-order chi connectivity index (χ0) is 22.5. The van der Waals surface area contributed by atoms with Gasteiger partial charge in [-0.3, -0.25) is 4.79 Å². The summed E-state index contributed by atoms with van der Waals surface area (Å²) in [6.45, 7) is 0. The number of rotatable bonds is 6. The monoisotopic (exact) mass is 425 g/mol. The van der Waals surface area contributed by atoms with Gasteiger partial charge in [-0.25, -0.2) is 0 Å². The zero-order valence-electron chi connectivity index (χ0n) is 17.8. The summed E-state index contributed by atoms with van der Waals surface area (Å²) >= 11 is 0. The number of phenols is 1. The van der Waals surface area contributed by atoms with Crippen LogP contribution in [0, 0.1) is 0 Å². The molecule has 1 amide bonds. The van der Waals surface area contributed by atoms with Crippen molar-refractivity contribution >= 4 is 11.6 Å². The van der Waals surface area contributed by atoms with Crippen molar-refractivity contribution in [3.63, 3.8) is 0 Å². The Hall–Kier alpha value is -4.25. The quantitative estimate of drug-likeness (QED) is 0.398. The average molecular weight is 425 g/mol. The largest absolute Gasteiger partial charge is 0.508 e. The fourth-order valence-corrected chi connectivity index (χ4v) is 3.47. The first-order valence-corrected chi connectivity index (χ1v) is 10.1. The predicted molar refractivity (Wildman–Crippen MR) is 126 cm³/mol. The number of carbonyl (C=O) groups excluding carboxylic acids is 1. The van der Waals surface area contributed by atoms with Gasteiger partial charge in [0.25, 0.3) is 5.91 Å². The van der Waals surface area contributed by atoms with Crippen molar-refractivity contribution in [2.45, 2.75) is 0 Å². The van der Waals surface area contributed by atoms with Crippen LogP contribution in [0.5, 0.6) is 17.2 Å². The Balaban J connectivity index is 1.56. The first-order chi connectivity index (χ1) is 15.6. The number of hydrogen-bond donors (Lipinski definition) is 2. The van der Waals surface area contributed by atoms with Crippen LogP contribution in [0.2, 0.25) is 0 Å². The molecular weight excluding hydrogens is 402 g/mol. The molecule has 4 aromatic carbocycles. The first-order valence-electron chi connectivity index (χ1n) is 10.1. The second-order valence-electron chi connectivity index (χ2n) is 7.23. The molecule has 0 spiro atoms. The van der Waals surface area contributed by atoms with Gasteiger partial charge in [0.2, 0.25) is 0 Å². The summed E-state index contributed by atoms with van der Waals surface area (Å²) in [5, 5.41) is 12.4. The van der Waals surface area contributed by atoms with Crippen LogP contribution < -0.4 is 14.8 Å². The van der Waals surface area contributed by atoms with Crippen LogP contribution in [0.4, 0.5) is 5.69 Å². The maximum atomic E-state index is 12.9. The SMILES string of the molecule is COc1cccc(-c2cc(C(=O)Nc3ccc(-c4ccc(O)cc4)cc3)ccc2OC)c1. The third-order valence-electron chi connectivity index (χ3n) is 5.19. The smallest absolute Gasteiger partial charge is 0.255 e. The molecule has 0 heterocycles. The second-order valence-corrected chi connectivity index (χ2v) is 7.23. The van der Waals surface area contributed by atoms with E-state index in [1.165, 1.54) is 0 Å². The molecule has 2 N–H and O–H groups in total. The van der Waals surface area contributed by atoms with Crippen molar-refractivity contribution in [2.75, 3.05) is 19.5 Å². The van der Waals surface area contributed by atoms with Crippen molar-refractivity contribution < 1.29 is 19.4 Å². The molecule has 0 aliphatic carbocycles. The van der Waals surface area contributed by atoms with Crippen molar-refractivity contribution in [1.29, 1.82) is 0 Å². The third-order valence-corrected chi connectivity index (χ3v) is 5.19. The minimum Gasteiger partial charge on any atom is -0.508 e. The molecule has 0 saturated heterocycles. The van der Waals surface area contributed by atoms with Crippen molar-refractivity contribution in [2.24, 2.45) is 0 Å². The molecule has 5 heteroatoms. The van der Waals surface area contributed by atoms with Crippen LogP contribution in [-0.2, 0) is 0 Å². The summed E-state index contributed by atoms with van der Waals surface area (Å²) in [5.41, 5.74) is 4.89. The first kappa shape index (κ1) is 21.0. The van der Waals surface area contributed by atoms with Crippen molar-refractivity contribution in [3.8, 4) is 39.5 Å². The molecule has 0 atom stereocenters. The minimum atomic E-state index is -0.214. The highest BCUT2D eigenvalue weighted by Gasteiger charge is 2.13. The molecule has 0 bridgehead atoms. The number of amides is 1. The van der Waals surface area contributed by atoms with Crippen molar-refractivity contribution in [1.82, 2.24) is 0 Å². The highest BCUT2D eigenvalue weighted by atomic mass is 16.5. The summed E-state index contributed by atoms with van der Waals surface area (Å²) in [6.07, 6.45) is 0. The number of aromatic hydroxyl groups is 1. The van der Waals surface area contributed by atoms with Crippen LogP contribution in [0.15, 0.2) is 91.0 Å². The second kappa shape index (κ2) is 9.27. The van der Waals surface area contributed by atoms with Gasteiger partial charge in [-0.2, -0.15) is 0 Å². The highest BCUT2D eigenvalue weighted by Crippen LogP contribution is 2.33. The van der Waals surface area contributed by atoms with Crippen molar-refractivity contribution in [3.05, 3.63) is 96.6 Å². The lowest BCUT2D eigenvalue weighted by atomic mass is 10.0. The standard InChI is InChI=1S/C27H23NO4/c1-31-24-5-3-4-20(16-24)25-17-21(10-15-26(25)32-2)27(30)28-22-11-6-18(7-12-22)19-8-13-23(29)14-9-19/h3-17,29H,1-2H3,(H,28,30). The van der Waals surface area contributed by atoms with Gasteiger partial charge in [-0.05, 0) is 71.3 Å². The van der Waals surface area contributed by atoms with E-state index >= 15 is 0 Å². The van der Waals surface area contributed by atoms with Gasteiger partial charge in [0.1, 0.15) is 17.2 Å². The highest BCUT2D eigenvalue weighted by molar-refractivity contribution is 6.05. The number of hydrogen-bond acceptors (Lipinski definition) is 4. The van der Waals surface area contributed by atoms with Crippen LogP contribution in [0.25, 0.3) is 22.3 Å². The Morgan fingerprint density at radius 1 is 0.750 bits per heavy atom. The van der Waals surface area contributed by atoms with E-state index in [1.807, 2.05) is 66.7 Å². The van der Waals surface area contributed by atoms with Crippen LogP contribution in [0.1, 0.15) is 10.4 Å². The van der Waals surface area contributed by atoms with E-state index in [9.17, 15) is 9.90 Å². The van der Waals surface area contributed by atoms with E-state index in [2.05, 4.69) is 5.32 Å². The lowest BCUT2D eigenvalue weighted by Gasteiger charge is -2.12. The maximum Gasteiger partial charge on any atom is 0.255 e.